The Balaban J connectivity index is 1.32. The Morgan fingerprint density at radius 3 is 1.56 bits per heavy atom. The molecule has 4 rings (SSSR count). The molecule has 3 aliphatic heterocycles. The van der Waals surface area contributed by atoms with Crippen molar-refractivity contribution in [3.05, 3.63) is 35.9 Å². The molecule has 1 atom stereocenters. The van der Waals surface area contributed by atoms with Gasteiger partial charge >= 0.3 is 5.97 Å². The Morgan fingerprint density at radius 2 is 1.05 bits per heavy atom. The molecule has 3 saturated heterocycles. The molecule has 3 aliphatic rings. The van der Waals surface area contributed by atoms with Crippen LogP contribution >= 0.6 is 0 Å². The SMILES string of the molecule is O=C(CCCCC(=O)OCc1ccccc1)NCCCC[C@@H](C(=O)NCC(=O)N1CCOCC1)N(CC(=O)NCC(=O)N1CCOCC1)CC(=O)NCC(=O)N1CCOCC1. The highest BCUT2D eigenvalue weighted by Gasteiger charge is 2.31. The normalized spacial score (nSPS) is 16.0. The summed E-state index contributed by atoms with van der Waals surface area (Å²) in [5, 5.41) is 10.7. The van der Waals surface area contributed by atoms with E-state index in [1.807, 2.05) is 30.3 Å². The molecule has 338 valence electrons. The van der Waals surface area contributed by atoms with Crippen molar-refractivity contribution < 1.29 is 57.3 Å². The molecule has 7 amide bonds. The number of amides is 7. The summed E-state index contributed by atoms with van der Waals surface area (Å²) in [5.41, 5.74) is 0.894. The molecule has 0 bridgehead atoms. The van der Waals surface area contributed by atoms with Gasteiger partial charge in [0.2, 0.25) is 41.4 Å². The molecule has 0 saturated carbocycles. The molecule has 0 unspecified atom stereocenters. The highest BCUT2D eigenvalue weighted by Crippen LogP contribution is 2.12. The Morgan fingerprint density at radius 1 is 0.574 bits per heavy atom. The van der Waals surface area contributed by atoms with E-state index in [4.69, 9.17) is 18.9 Å². The fraction of sp³-hybridized carbons (Fsp3) is 0.659. The molecule has 0 aliphatic carbocycles. The molecule has 0 radical (unpaired) electrons. The summed E-state index contributed by atoms with van der Waals surface area (Å²) in [6.45, 7) is 3.30. The van der Waals surface area contributed by atoms with Crippen LogP contribution < -0.4 is 21.3 Å². The van der Waals surface area contributed by atoms with Crippen LogP contribution in [0.4, 0.5) is 0 Å². The van der Waals surface area contributed by atoms with E-state index in [0.717, 1.165) is 5.56 Å². The number of nitrogens with one attached hydrogen (secondary N) is 4. The zero-order valence-corrected chi connectivity index (χ0v) is 35.0. The molecule has 20 nitrogen and oxygen atoms in total. The van der Waals surface area contributed by atoms with Gasteiger partial charge in [-0.15, -0.1) is 0 Å². The lowest BCUT2D eigenvalue weighted by molar-refractivity contribution is -0.145. The van der Waals surface area contributed by atoms with Gasteiger partial charge in [0.1, 0.15) is 6.61 Å². The summed E-state index contributed by atoms with van der Waals surface area (Å²) >= 11 is 0. The number of carbonyl (C=O) groups is 8. The first-order chi connectivity index (χ1) is 29.6. The van der Waals surface area contributed by atoms with Gasteiger partial charge in [0, 0.05) is 58.7 Å². The van der Waals surface area contributed by atoms with Gasteiger partial charge in [-0.3, -0.25) is 43.3 Å². The number of hydrogen-bond donors (Lipinski definition) is 4. The summed E-state index contributed by atoms with van der Waals surface area (Å²) in [5.74, 6) is -3.27. The van der Waals surface area contributed by atoms with Gasteiger partial charge in [-0.05, 0) is 37.7 Å². The molecule has 1 aromatic carbocycles. The summed E-state index contributed by atoms with van der Waals surface area (Å²) in [6.07, 6.45) is 2.37. The van der Waals surface area contributed by atoms with E-state index < -0.39 is 36.9 Å². The summed E-state index contributed by atoms with van der Waals surface area (Å²) < 4.78 is 21.2. The zero-order valence-electron chi connectivity index (χ0n) is 35.0. The highest BCUT2D eigenvalue weighted by molar-refractivity contribution is 5.91. The van der Waals surface area contributed by atoms with Crippen molar-refractivity contribution in [1.82, 2.24) is 40.9 Å². The summed E-state index contributed by atoms with van der Waals surface area (Å²) in [7, 11) is 0. The van der Waals surface area contributed by atoms with Gasteiger partial charge in [-0.2, -0.15) is 0 Å². The van der Waals surface area contributed by atoms with Crippen LogP contribution in [0.15, 0.2) is 30.3 Å². The summed E-state index contributed by atoms with van der Waals surface area (Å²) in [6, 6.07) is 8.27. The standard InChI is InChI=1S/C41H62N8O12/c50-34(11-4-5-12-40(56)61-31-32-8-2-1-3-9-32)42-13-7-6-10-33(41(57)45-28-39(55)48-18-24-60-25-19-48)49(29-35(51)43-26-37(53)46-14-20-58-21-15-46)30-36(52)44-27-38(54)47-16-22-59-23-17-47/h1-3,8-9,33H,4-7,10-31H2,(H,42,50)(H,43,51)(H,44,52)(H,45,57)/t33-/m0/s1. The Hall–Kier alpha value is -5.18. The van der Waals surface area contributed by atoms with Crippen molar-refractivity contribution in [3.8, 4) is 0 Å². The maximum Gasteiger partial charge on any atom is 0.306 e. The fourth-order valence-electron chi connectivity index (χ4n) is 6.78. The van der Waals surface area contributed by atoms with E-state index in [1.54, 1.807) is 14.7 Å². The second-order valence-corrected chi connectivity index (χ2v) is 14.9. The van der Waals surface area contributed by atoms with E-state index in [2.05, 4.69) is 21.3 Å². The lowest BCUT2D eigenvalue weighted by Gasteiger charge is -2.31. The number of nitrogens with zero attached hydrogens (tertiary/aromatic N) is 4. The lowest BCUT2D eigenvalue weighted by atomic mass is 10.1. The maximum atomic E-state index is 13.9. The van der Waals surface area contributed by atoms with Gasteiger partial charge in [0.25, 0.3) is 0 Å². The number of hydrogen-bond acceptors (Lipinski definition) is 13. The number of esters is 1. The van der Waals surface area contributed by atoms with E-state index >= 15 is 0 Å². The lowest BCUT2D eigenvalue weighted by Crippen LogP contribution is -2.55. The minimum atomic E-state index is -1.09. The number of rotatable bonds is 24. The Kier molecular flexibility index (Phi) is 22.0. The molecule has 0 spiro atoms. The maximum absolute atomic E-state index is 13.9. The molecule has 4 N–H and O–H groups in total. The summed E-state index contributed by atoms with van der Waals surface area (Å²) in [4.78, 5) is 110. The van der Waals surface area contributed by atoms with Gasteiger partial charge < -0.3 is 54.9 Å². The molecular weight excluding hydrogens is 796 g/mol. The number of benzene rings is 1. The van der Waals surface area contributed by atoms with Crippen molar-refractivity contribution in [2.45, 2.75) is 57.6 Å². The van der Waals surface area contributed by atoms with Crippen LogP contribution in [0.3, 0.4) is 0 Å². The smallest absolute Gasteiger partial charge is 0.306 e. The molecule has 1 aromatic rings. The van der Waals surface area contributed by atoms with Gasteiger partial charge in [0.15, 0.2) is 0 Å². The average Bonchev–Trinajstić information content (AvgIpc) is 3.29. The number of morpholine rings is 3. The van der Waals surface area contributed by atoms with Crippen LogP contribution in [0, 0.1) is 0 Å². The Labute approximate surface area is 356 Å². The zero-order chi connectivity index (χ0) is 43.7. The van der Waals surface area contributed by atoms with Crippen molar-refractivity contribution in [2.24, 2.45) is 0 Å². The van der Waals surface area contributed by atoms with Crippen LogP contribution in [0.2, 0.25) is 0 Å². The largest absolute Gasteiger partial charge is 0.461 e. The molecule has 61 heavy (non-hydrogen) atoms. The number of carbonyl (C=O) groups excluding carboxylic acids is 8. The van der Waals surface area contributed by atoms with E-state index in [0.29, 0.717) is 105 Å². The van der Waals surface area contributed by atoms with E-state index in [-0.39, 0.29) is 81.6 Å². The van der Waals surface area contributed by atoms with Crippen molar-refractivity contribution in [3.63, 3.8) is 0 Å². The fourth-order valence-corrected chi connectivity index (χ4v) is 6.78. The third-order valence-electron chi connectivity index (χ3n) is 10.3. The monoisotopic (exact) mass is 858 g/mol. The van der Waals surface area contributed by atoms with Gasteiger partial charge in [-0.1, -0.05) is 30.3 Å². The van der Waals surface area contributed by atoms with Gasteiger partial charge in [-0.25, -0.2) is 0 Å². The number of ether oxygens (including phenoxy) is 4. The molecular formula is C41H62N8O12. The Bertz CT molecular complexity index is 1540. The third-order valence-corrected chi connectivity index (χ3v) is 10.3. The first-order valence-electron chi connectivity index (χ1n) is 21.2. The van der Waals surface area contributed by atoms with Crippen LogP contribution in [-0.4, -0.2) is 191 Å². The second-order valence-electron chi connectivity index (χ2n) is 14.9. The predicted molar refractivity (Wildman–Crippen MR) is 218 cm³/mol. The van der Waals surface area contributed by atoms with E-state index in [1.165, 1.54) is 4.90 Å². The molecule has 3 heterocycles. The first kappa shape index (κ1) is 48.5. The molecule has 3 fully saturated rings. The van der Waals surface area contributed by atoms with Crippen LogP contribution in [0.1, 0.15) is 50.5 Å². The van der Waals surface area contributed by atoms with E-state index in [9.17, 15) is 38.4 Å². The molecule has 20 heteroatoms. The number of unbranched alkanes of at least 4 members (excludes halogenated alkanes) is 2. The quantitative estimate of drug-likeness (QED) is 0.0663. The second kappa shape index (κ2) is 27.6. The van der Waals surface area contributed by atoms with Gasteiger partial charge in [0.05, 0.1) is 78.4 Å². The minimum Gasteiger partial charge on any atom is -0.461 e. The van der Waals surface area contributed by atoms with Crippen molar-refractivity contribution in [1.29, 1.82) is 0 Å². The van der Waals surface area contributed by atoms with Crippen LogP contribution in [-0.2, 0) is 63.9 Å². The predicted octanol–water partition coefficient (Wildman–Crippen LogP) is -1.83. The topological polar surface area (TPSA) is 235 Å². The average molecular weight is 859 g/mol. The molecule has 0 aromatic heterocycles. The van der Waals surface area contributed by atoms with Crippen LogP contribution in [0.25, 0.3) is 0 Å². The third kappa shape index (κ3) is 19.0. The van der Waals surface area contributed by atoms with Crippen LogP contribution in [0.5, 0.6) is 0 Å². The van der Waals surface area contributed by atoms with Crippen molar-refractivity contribution >= 4 is 47.3 Å². The van der Waals surface area contributed by atoms with Crippen molar-refractivity contribution in [2.75, 3.05) is 118 Å². The highest BCUT2D eigenvalue weighted by atomic mass is 16.5. The first-order valence-corrected chi connectivity index (χ1v) is 21.2. The minimum absolute atomic E-state index is 0.137.